The van der Waals surface area contributed by atoms with E-state index in [2.05, 4.69) is 53.2 Å². The number of ether oxygens (including phenoxy) is 5. The Morgan fingerprint density at radius 1 is 0.649 bits per heavy atom. The maximum absolute atomic E-state index is 16.4. The molecule has 14 atom stereocenters. The Labute approximate surface area is 658 Å². The number of carbonyl (C=O) groups excluding carboxylic acids is 9. The van der Waals surface area contributed by atoms with Crippen molar-refractivity contribution in [1.82, 2.24) is 47.9 Å². The molecule has 114 heavy (non-hydrogen) atoms. The first-order valence-electron chi connectivity index (χ1n) is 37.7. The molecule has 34 heteroatoms. The lowest BCUT2D eigenvalue weighted by molar-refractivity contribution is -0.270. The van der Waals surface area contributed by atoms with Crippen LogP contribution in [0.25, 0.3) is 11.1 Å². The Balaban J connectivity index is 0.991. The van der Waals surface area contributed by atoms with E-state index in [1.165, 1.54) is 51.4 Å². The van der Waals surface area contributed by atoms with Crippen LogP contribution in [0.5, 0.6) is 46.0 Å². The van der Waals surface area contributed by atoms with Crippen molar-refractivity contribution < 1.29 is 108 Å². The predicted molar refractivity (Wildman–Crippen MR) is 406 cm³/mol. The number of nitrogens with two attached hydrogens (primary N) is 1. The number of methoxy groups -OCH3 is 1. The molecule has 606 valence electrons. The van der Waals surface area contributed by atoms with Crippen LogP contribution >= 0.6 is 11.6 Å². The molecule has 5 fully saturated rings. The van der Waals surface area contributed by atoms with Crippen molar-refractivity contribution in [2.75, 3.05) is 32.6 Å². The Morgan fingerprint density at radius 3 is 1.94 bits per heavy atom. The molecule has 6 aliphatic heterocycles. The average molecular weight is 1600 g/mol. The van der Waals surface area contributed by atoms with E-state index in [0.717, 1.165) is 86.2 Å². The number of likely N-dealkylation sites (N-methyl/N-ethyl adjacent to an activating group) is 1. The molecule has 6 heterocycles. The van der Waals surface area contributed by atoms with Crippen molar-refractivity contribution in [3.05, 3.63) is 147 Å². The zero-order chi connectivity index (χ0) is 81.4. The summed E-state index contributed by atoms with van der Waals surface area (Å²) in [6.07, 6.45) is -9.37. The second-order valence-electron chi connectivity index (χ2n) is 30.7. The smallest absolute Gasteiger partial charge is 0.325 e. The lowest BCUT2D eigenvalue weighted by Gasteiger charge is -2.54. The van der Waals surface area contributed by atoms with Crippen molar-refractivity contribution in [2.24, 2.45) is 35.3 Å². The van der Waals surface area contributed by atoms with Crippen molar-refractivity contribution in [2.45, 2.75) is 163 Å². The number of benzene rings is 6. The highest BCUT2D eigenvalue weighted by atomic mass is 35.5. The Kier molecular flexibility index (Phi) is 24.4. The molecular weight excluding hydrogens is 1500 g/mol. The number of fused-ring (bicyclic) bond motifs is 15. The second kappa shape index (κ2) is 34.1. The van der Waals surface area contributed by atoms with Crippen LogP contribution in [-0.4, -0.2) is 182 Å². The van der Waals surface area contributed by atoms with Gasteiger partial charge in [-0.2, -0.15) is 0 Å². The summed E-state index contributed by atoms with van der Waals surface area (Å²) in [5, 5.41) is 121. The molecule has 6 aromatic rings. The number of phenols is 3. The van der Waals surface area contributed by atoms with E-state index < -0.39 is 192 Å². The molecule has 10 amide bonds. The molecule has 20 N–H and O–H groups in total. The van der Waals surface area contributed by atoms with Crippen LogP contribution in [0.4, 0.5) is 10.5 Å². The number of imide groups is 1. The fourth-order valence-corrected chi connectivity index (χ4v) is 16.9. The number of aliphatic hydroxyl groups is 5. The summed E-state index contributed by atoms with van der Waals surface area (Å²) >= 11 is 7.18. The van der Waals surface area contributed by atoms with Gasteiger partial charge in [0.15, 0.2) is 11.5 Å². The van der Waals surface area contributed by atoms with Crippen molar-refractivity contribution in [3.63, 3.8) is 0 Å². The molecule has 0 aromatic heterocycles. The fraction of sp³-hybridized carbons (Fsp3) is 0.438. The zero-order valence-electron chi connectivity index (χ0n) is 62.7. The molecule has 0 unspecified atom stereocenters. The van der Waals surface area contributed by atoms with E-state index >= 15 is 28.8 Å². The van der Waals surface area contributed by atoms with Gasteiger partial charge in [0.1, 0.15) is 102 Å². The lowest BCUT2D eigenvalue weighted by atomic mass is 9.54. The number of anilines is 1. The van der Waals surface area contributed by atoms with Gasteiger partial charge in [0.05, 0.1) is 24.1 Å². The van der Waals surface area contributed by atoms with Crippen LogP contribution in [-0.2, 0) is 54.3 Å². The second-order valence-corrected chi connectivity index (χ2v) is 31.1. The molecule has 6 aromatic carbocycles. The van der Waals surface area contributed by atoms with E-state index in [9.17, 15) is 55.2 Å². The highest BCUT2D eigenvalue weighted by molar-refractivity contribution is 6.32. The van der Waals surface area contributed by atoms with Gasteiger partial charge in [-0.25, -0.2) is 4.79 Å². The number of urea groups is 1. The number of aromatic hydroxyl groups is 3. The number of hydrogen-bond acceptors (Lipinski definition) is 24. The molecule has 1 saturated heterocycles. The summed E-state index contributed by atoms with van der Waals surface area (Å²) in [6, 6.07) is 6.35. The predicted octanol–water partition coefficient (Wildman–Crippen LogP) is 3.40. The molecular formula is C80H92ClN11O22. The van der Waals surface area contributed by atoms with Gasteiger partial charge in [-0.15, -0.1) is 0 Å². The molecule has 33 nitrogen and oxygen atoms in total. The minimum atomic E-state index is -2.34. The fourth-order valence-electron chi connectivity index (χ4n) is 16.7. The van der Waals surface area contributed by atoms with Crippen LogP contribution in [0.3, 0.4) is 0 Å². The van der Waals surface area contributed by atoms with Gasteiger partial charge in [-0.05, 0) is 194 Å². The van der Waals surface area contributed by atoms with Crippen LogP contribution in [0.15, 0.2) is 103 Å². The number of halogens is 1. The van der Waals surface area contributed by atoms with Gasteiger partial charge in [0.25, 0.3) is 0 Å². The highest BCUT2D eigenvalue weighted by Crippen LogP contribution is 2.55. The topological polar surface area (TPSA) is 508 Å². The summed E-state index contributed by atoms with van der Waals surface area (Å²) in [7, 11) is 3.03. The molecule has 10 aliphatic rings. The first-order chi connectivity index (χ1) is 54.4. The van der Waals surface area contributed by atoms with Crippen molar-refractivity contribution in [3.8, 4) is 57.1 Å². The third kappa shape index (κ3) is 17.4. The zero-order valence-corrected chi connectivity index (χ0v) is 63.4. The Morgan fingerprint density at radius 2 is 1.29 bits per heavy atom. The van der Waals surface area contributed by atoms with E-state index in [4.69, 9.17) is 41.0 Å². The largest absolute Gasteiger partial charge is 0.508 e. The van der Waals surface area contributed by atoms with Crippen LogP contribution in [0.1, 0.15) is 128 Å². The van der Waals surface area contributed by atoms with E-state index in [1.54, 1.807) is 24.3 Å². The number of nitrogens with one attached hydrogen (secondary N) is 10. The summed E-state index contributed by atoms with van der Waals surface area (Å²) in [5.74, 6) is -12.6. The number of aryl methyl sites for hydroxylation is 1. The van der Waals surface area contributed by atoms with Crippen LogP contribution in [0, 0.1) is 36.5 Å². The number of phenolic OH excluding ortho intramolecular Hbond substituents is 3. The molecule has 4 saturated carbocycles. The summed E-state index contributed by atoms with van der Waals surface area (Å²) < 4.78 is 31.0. The van der Waals surface area contributed by atoms with Gasteiger partial charge in [0, 0.05) is 42.6 Å². The van der Waals surface area contributed by atoms with Gasteiger partial charge < -0.3 is 118 Å². The minimum absolute atomic E-state index is 0.0382. The summed E-state index contributed by atoms with van der Waals surface area (Å²) in [6.45, 7) is 5.14. The SMILES string of the molecule is CN[C@H](CC(C)C)C(=O)N[C@H]1C(=O)N[C@@H](CC(=O)NC(=O)Nc2ccc(CCOC)cc2)C(=O)N[C@H]2C(=O)N[C@H]3C(=O)N[C@H](C(=O)N[C@H](C(=O)NC4C5CC6CC(C5)CC4C6)c4cc(O)cc(O)c4-c4cc3ccc4O)[C@H](O)c3ccc(c(Cl)c3)Oc3cc2cc(c3O[C@@H]2O[C@H](CN)[C@@H](O)[C@H](O)[C@H]2O)Oc2ccc(cc2C)[C@H]1O. The maximum atomic E-state index is 16.4. The molecule has 16 rings (SSSR count). The summed E-state index contributed by atoms with van der Waals surface area (Å²) in [4.78, 5) is 137. The Hall–Kier alpha value is -10.7. The number of hydrogen-bond donors (Lipinski definition) is 19. The average Bonchev–Trinajstić information content (AvgIpc) is 0.759. The van der Waals surface area contributed by atoms with Crippen LogP contribution < -0.4 is 73.1 Å². The highest BCUT2D eigenvalue weighted by Gasteiger charge is 2.51. The molecule has 0 radical (unpaired) electrons. The van der Waals surface area contributed by atoms with Gasteiger partial charge in [-0.1, -0.05) is 55.8 Å². The van der Waals surface area contributed by atoms with Crippen LogP contribution in [0.2, 0.25) is 5.02 Å². The molecule has 15 bridgehead atoms. The van der Waals surface area contributed by atoms with Crippen molar-refractivity contribution in [1.29, 1.82) is 0 Å². The van der Waals surface area contributed by atoms with E-state index in [1.807, 2.05) is 13.8 Å². The Bertz CT molecular complexity index is 4690. The molecule has 0 spiro atoms. The third-order valence-corrected chi connectivity index (χ3v) is 22.6. The monoisotopic (exact) mass is 1590 g/mol. The molecule has 4 aliphatic carbocycles. The third-order valence-electron chi connectivity index (χ3n) is 22.3. The van der Waals surface area contributed by atoms with E-state index in [0.29, 0.717) is 24.9 Å². The standard InChI is InChI=1S/C80H92ClN11O22/c1-33(2)18-49(83-4)72(102)91-64-66(97)39-9-14-53(34(3)19-39)111-55-27-43-28-56(71(55)114-79-70(101)69(100)68(99)57(32-82)113-79)112-54-15-10-40(26-48(54)81)67(98)65-78(108)90-63(76(106)87-60-41-21-36-20-37(23-41)24-42(60)22-36)47-29-45(93)30-52(95)59(47)46-25-38(8-13-51(46)94)61(74(104)92-65)89-75(105)62(43)88-73(103)50(85-77(64)107)31-58(96)86-80(109)84-44-11-6-35(7-12-44)16-17-110-5/h6-15,19,25-30,33,36-37,41-42,49-50,57,60-70,79,83,93-95,97-101H,16-18,20-24,31-32,82H2,1-5H3,(H,85,107)(H,87,106)(H,88,103)(H,89,105)(H,90,108)(H,91,102)(H,92,104)(H2,84,86,96,109)/t36?,37?,41?,42?,49-,50+,57-,60?,61-,62-,63+,64-,65+,66-,67-,68-,69+,70-,79+/m1/s1. The quantitative estimate of drug-likeness (QED) is 0.0660. The lowest BCUT2D eigenvalue weighted by Crippen LogP contribution is -2.60. The number of rotatable bonds is 16. The van der Waals surface area contributed by atoms with Gasteiger partial charge in [0.2, 0.25) is 59.3 Å². The number of amides is 10. The number of aliphatic hydroxyl groups excluding tert-OH is 5. The van der Waals surface area contributed by atoms with Gasteiger partial charge in [-0.3, -0.25) is 43.7 Å². The number of carbonyl (C=O) groups is 9. The first-order valence-corrected chi connectivity index (χ1v) is 38.1. The summed E-state index contributed by atoms with van der Waals surface area (Å²) in [5.41, 5.74) is 5.34. The normalized spacial score (nSPS) is 28.0. The maximum Gasteiger partial charge on any atom is 0.325 e. The van der Waals surface area contributed by atoms with Gasteiger partial charge >= 0.3 is 6.03 Å². The van der Waals surface area contributed by atoms with E-state index in [-0.39, 0.29) is 91.4 Å². The van der Waals surface area contributed by atoms with Crippen molar-refractivity contribution >= 4 is 70.6 Å². The minimum Gasteiger partial charge on any atom is -0.508 e. The first kappa shape index (κ1) is 81.3.